The van der Waals surface area contributed by atoms with Crippen LogP contribution >= 0.6 is 24.0 Å². The maximum atomic E-state index is 6.12. The van der Waals surface area contributed by atoms with Gasteiger partial charge in [0.1, 0.15) is 11.4 Å². The Balaban J connectivity index is 0.00000225. The Labute approximate surface area is 168 Å². The highest BCUT2D eigenvalue weighted by atomic mass is 127. The summed E-state index contributed by atoms with van der Waals surface area (Å²) in [7, 11) is 0. The van der Waals surface area contributed by atoms with E-state index in [2.05, 4.69) is 54.5 Å². The van der Waals surface area contributed by atoms with E-state index in [0.717, 1.165) is 37.8 Å². The highest BCUT2D eigenvalue weighted by molar-refractivity contribution is 14.0. The number of aliphatic imine (C=N–C) groups is 1. The van der Waals surface area contributed by atoms with Crippen molar-refractivity contribution in [3.8, 4) is 5.75 Å². The third-order valence-corrected chi connectivity index (χ3v) is 4.67. The molecule has 140 valence electrons. The van der Waals surface area contributed by atoms with Gasteiger partial charge >= 0.3 is 0 Å². The number of rotatable bonds is 5. The third kappa shape index (κ3) is 5.48. The second-order valence-corrected chi connectivity index (χ2v) is 7.26. The Hall–Kier alpha value is -1.02. The number of likely N-dealkylation sites (tertiary alicyclic amines) is 1. The van der Waals surface area contributed by atoms with E-state index in [4.69, 9.17) is 9.73 Å². The van der Waals surface area contributed by atoms with Gasteiger partial charge in [-0.15, -0.1) is 24.0 Å². The summed E-state index contributed by atoms with van der Waals surface area (Å²) >= 11 is 0. The molecule has 1 atom stereocenters. The Morgan fingerprint density at radius 3 is 2.76 bits per heavy atom. The minimum absolute atomic E-state index is 0. The van der Waals surface area contributed by atoms with E-state index in [-0.39, 0.29) is 35.6 Å². The first-order chi connectivity index (χ1) is 11.6. The molecule has 0 spiro atoms. The smallest absolute Gasteiger partial charge is 0.191 e. The molecule has 1 saturated heterocycles. The van der Waals surface area contributed by atoms with Gasteiger partial charge < -0.3 is 20.3 Å². The second-order valence-electron chi connectivity index (χ2n) is 7.26. The maximum absolute atomic E-state index is 6.12. The number of para-hydroxylation sites is 1. The quantitative estimate of drug-likeness (QED) is 0.405. The summed E-state index contributed by atoms with van der Waals surface area (Å²) in [4.78, 5) is 7.21. The molecule has 1 aromatic carbocycles. The number of nitrogens with one attached hydrogen (secondary N) is 2. The molecule has 0 saturated carbocycles. The SMILES string of the molecule is CCNC(=NCCN1CCC1)NC1CC(C)(C)Oc2ccccc21.I. The first-order valence-corrected chi connectivity index (χ1v) is 9.12. The van der Waals surface area contributed by atoms with Gasteiger partial charge in [0.2, 0.25) is 0 Å². The van der Waals surface area contributed by atoms with Crippen molar-refractivity contribution in [2.24, 2.45) is 4.99 Å². The van der Waals surface area contributed by atoms with Gasteiger partial charge in [-0.25, -0.2) is 0 Å². The van der Waals surface area contributed by atoms with Crippen LogP contribution in [0.5, 0.6) is 5.75 Å². The van der Waals surface area contributed by atoms with Crippen LogP contribution in [0.2, 0.25) is 0 Å². The number of halogens is 1. The minimum Gasteiger partial charge on any atom is -0.487 e. The van der Waals surface area contributed by atoms with Crippen molar-refractivity contribution >= 4 is 29.9 Å². The molecule has 2 aliphatic heterocycles. The molecule has 3 rings (SSSR count). The van der Waals surface area contributed by atoms with Crippen molar-refractivity contribution in [3.05, 3.63) is 29.8 Å². The third-order valence-electron chi connectivity index (χ3n) is 4.67. The molecule has 6 heteroatoms. The largest absolute Gasteiger partial charge is 0.487 e. The van der Waals surface area contributed by atoms with Crippen molar-refractivity contribution in [1.29, 1.82) is 0 Å². The highest BCUT2D eigenvalue weighted by Gasteiger charge is 2.33. The van der Waals surface area contributed by atoms with E-state index in [1.165, 1.54) is 25.1 Å². The number of benzene rings is 1. The summed E-state index contributed by atoms with van der Waals surface area (Å²) in [6, 6.07) is 8.52. The molecule has 0 bridgehead atoms. The average molecular weight is 458 g/mol. The normalized spacial score (nSPS) is 22.0. The predicted molar refractivity (Wildman–Crippen MR) is 114 cm³/mol. The lowest BCUT2D eigenvalue weighted by molar-refractivity contribution is 0.0694. The van der Waals surface area contributed by atoms with E-state index in [9.17, 15) is 0 Å². The monoisotopic (exact) mass is 458 g/mol. The van der Waals surface area contributed by atoms with Crippen LogP contribution in [0.25, 0.3) is 0 Å². The van der Waals surface area contributed by atoms with Gasteiger partial charge in [-0.1, -0.05) is 18.2 Å². The molecule has 0 aromatic heterocycles. The molecule has 1 unspecified atom stereocenters. The Bertz CT molecular complexity index is 587. The first-order valence-electron chi connectivity index (χ1n) is 9.12. The summed E-state index contributed by atoms with van der Waals surface area (Å²) in [6.45, 7) is 11.6. The standard InChI is InChI=1S/C19H30N4O.HI/c1-4-20-18(21-10-13-23-11-7-12-23)22-16-14-19(2,3)24-17-9-6-5-8-15(16)17;/h5-6,8-9,16H,4,7,10-14H2,1-3H3,(H2,20,21,22);1H. The predicted octanol–water partition coefficient (Wildman–Crippen LogP) is 3.17. The van der Waals surface area contributed by atoms with E-state index < -0.39 is 0 Å². The average Bonchev–Trinajstić information content (AvgIpc) is 2.48. The van der Waals surface area contributed by atoms with Crippen molar-refractivity contribution in [1.82, 2.24) is 15.5 Å². The van der Waals surface area contributed by atoms with Gasteiger partial charge in [0.05, 0.1) is 12.6 Å². The number of guanidine groups is 1. The molecule has 1 aromatic rings. The number of nitrogens with zero attached hydrogens (tertiary/aromatic N) is 2. The van der Waals surface area contributed by atoms with E-state index in [1.807, 2.05) is 6.07 Å². The van der Waals surface area contributed by atoms with Gasteiger partial charge in [0.15, 0.2) is 5.96 Å². The minimum atomic E-state index is -0.180. The topological polar surface area (TPSA) is 48.9 Å². The summed E-state index contributed by atoms with van der Waals surface area (Å²) in [5.74, 6) is 1.87. The lowest BCUT2D eigenvalue weighted by Crippen LogP contribution is -2.45. The Kier molecular flexibility index (Phi) is 7.37. The fourth-order valence-electron chi connectivity index (χ4n) is 3.32. The lowest BCUT2D eigenvalue weighted by atomic mass is 9.90. The molecule has 5 nitrogen and oxygen atoms in total. The zero-order valence-corrected chi connectivity index (χ0v) is 17.9. The van der Waals surface area contributed by atoms with Crippen LogP contribution in [0.3, 0.4) is 0 Å². The summed E-state index contributed by atoms with van der Waals surface area (Å²) < 4.78 is 6.12. The molecule has 2 N–H and O–H groups in total. The summed E-state index contributed by atoms with van der Waals surface area (Å²) in [6.07, 6.45) is 2.25. The van der Waals surface area contributed by atoms with Crippen molar-refractivity contribution in [3.63, 3.8) is 0 Å². The maximum Gasteiger partial charge on any atom is 0.191 e. The molecule has 1 fully saturated rings. The molecule has 2 heterocycles. The van der Waals surface area contributed by atoms with Crippen LogP contribution in [-0.4, -0.2) is 49.2 Å². The van der Waals surface area contributed by atoms with E-state index in [0.29, 0.717) is 0 Å². The van der Waals surface area contributed by atoms with Gasteiger partial charge in [0, 0.05) is 25.1 Å². The zero-order chi connectivity index (χ0) is 17.0. The molecule has 0 aliphatic carbocycles. The fourth-order valence-corrected chi connectivity index (χ4v) is 3.32. The van der Waals surface area contributed by atoms with Crippen LogP contribution in [0.4, 0.5) is 0 Å². The molecular formula is C19H31IN4O. The molecular weight excluding hydrogens is 427 g/mol. The van der Waals surface area contributed by atoms with Crippen molar-refractivity contribution < 1.29 is 4.74 Å². The van der Waals surface area contributed by atoms with Crippen LogP contribution in [0.1, 0.15) is 45.2 Å². The molecule has 0 radical (unpaired) electrons. The highest BCUT2D eigenvalue weighted by Crippen LogP contribution is 2.39. The first kappa shape index (κ1) is 20.3. The van der Waals surface area contributed by atoms with E-state index in [1.54, 1.807) is 0 Å². The van der Waals surface area contributed by atoms with Crippen LogP contribution in [-0.2, 0) is 0 Å². The summed E-state index contributed by atoms with van der Waals surface area (Å²) in [5, 5.41) is 7.00. The van der Waals surface area contributed by atoms with Gasteiger partial charge in [-0.05, 0) is 46.3 Å². The molecule has 0 amide bonds. The number of hydrogen-bond acceptors (Lipinski definition) is 3. The van der Waals surface area contributed by atoms with E-state index >= 15 is 0 Å². The van der Waals surface area contributed by atoms with Crippen LogP contribution in [0.15, 0.2) is 29.3 Å². The van der Waals surface area contributed by atoms with Crippen LogP contribution in [0, 0.1) is 0 Å². The Morgan fingerprint density at radius 1 is 1.32 bits per heavy atom. The number of ether oxygens (including phenoxy) is 1. The fraction of sp³-hybridized carbons (Fsp3) is 0.632. The van der Waals surface area contributed by atoms with Crippen molar-refractivity contribution in [2.75, 3.05) is 32.7 Å². The van der Waals surface area contributed by atoms with Gasteiger partial charge in [0.25, 0.3) is 0 Å². The molecule has 25 heavy (non-hydrogen) atoms. The number of hydrogen-bond donors (Lipinski definition) is 2. The van der Waals surface area contributed by atoms with Crippen LogP contribution < -0.4 is 15.4 Å². The van der Waals surface area contributed by atoms with Gasteiger partial charge in [-0.2, -0.15) is 0 Å². The number of fused-ring (bicyclic) bond motifs is 1. The molecule has 2 aliphatic rings. The van der Waals surface area contributed by atoms with Gasteiger partial charge in [-0.3, -0.25) is 4.99 Å². The second kappa shape index (κ2) is 9.07. The summed E-state index contributed by atoms with van der Waals surface area (Å²) in [5.41, 5.74) is 1.03. The lowest BCUT2D eigenvalue weighted by Gasteiger charge is -2.38. The zero-order valence-electron chi connectivity index (χ0n) is 15.5. The Morgan fingerprint density at radius 2 is 2.08 bits per heavy atom. The van der Waals surface area contributed by atoms with Crippen molar-refractivity contribution in [2.45, 2.75) is 45.3 Å².